The van der Waals surface area contributed by atoms with Crippen LogP contribution in [-0.2, 0) is 0 Å². The highest BCUT2D eigenvalue weighted by Crippen LogP contribution is 2.21. The second-order valence-corrected chi connectivity index (χ2v) is 3.75. The quantitative estimate of drug-likeness (QED) is 0.763. The standard InChI is InChI=1S/C12H8ClN3O/c1-8-2-3-10(7-15-8)17-12-5-9(6-14)4-11(13)16-12/h2-5,7H,1H3. The Morgan fingerprint density at radius 2 is 2.18 bits per heavy atom. The van der Waals surface area contributed by atoms with E-state index in [1.54, 1.807) is 12.3 Å². The summed E-state index contributed by atoms with van der Waals surface area (Å²) in [6, 6.07) is 8.58. The lowest BCUT2D eigenvalue weighted by molar-refractivity contribution is 0.460. The van der Waals surface area contributed by atoms with Gasteiger partial charge in [0.1, 0.15) is 10.9 Å². The molecule has 0 unspecified atom stereocenters. The molecule has 4 nitrogen and oxygen atoms in total. The SMILES string of the molecule is Cc1ccc(Oc2cc(C#N)cc(Cl)n2)cn1. The van der Waals surface area contributed by atoms with Crippen molar-refractivity contribution >= 4 is 11.6 Å². The van der Waals surface area contributed by atoms with Gasteiger partial charge in [-0.15, -0.1) is 0 Å². The Bertz CT molecular complexity index is 575. The Morgan fingerprint density at radius 3 is 2.82 bits per heavy atom. The van der Waals surface area contributed by atoms with Gasteiger partial charge in [0.25, 0.3) is 0 Å². The van der Waals surface area contributed by atoms with Crippen molar-refractivity contribution in [2.45, 2.75) is 6.92 Å². The van der Waals surface area contributed by atoms with E-state index < -0.39 is 0 Å². The Labute approximate surface area is 103 Å². The normalized spacial score (nSPS) is 9.71. The third kappa shape index (κ3) is 2.92. The van der Waals surface area contributed by atoms with Crippen molar-refractivity contribution in [3.05, 3.63) is 46.9 Å². The number of hydrogen-bond acceptors (Lipinski definition) is 4. The molecule has 2 rings (SSSR count). The van der Waals surface area contributed by atoms with Gasteiger partial charge < -0.3 is 4.74 Å². The second kappa shape index (κ2) is 4.81. The molecule has 0 saturated heterocycles. The lowest BCUT2D eigenvalue weighted by Crippen LogP contribution is -1.91. The number of pyridine rings is 2. The van der Waals surface area contributed by atoms with Crippen LogP contribution < -0.4 is 4.74 Å². The van der Waals surface area contributed by atoms with Gasteiger partial charge in [0.15, 0.2) is 0 Å². The number of nitriles is 1. The van der Waals surface area contributed by atoms with E-state index in [2.05, 4.69) is 9.97 Å². The fourth-order valence-electron chi connectivity index (χ4n) is 1.23. The van der Waals surface area contributed by atoms with Crippen molar-refractivity contribution in [2.24, 2.45) is 0 Å². The zero-order valence-corrected chi connectivity index (χ0v) is 9.77. The fraction of sp³-hybridized carbons (Fsp3) is 0.0833. The van der Waals surface area contributed by atoms with Crippen molar-refractivity contribution in [3.8, 4) is 17.7 Å². The molecule has 5 heteroatoms. The summed E-state index contributed by atoms with van der Waals surface area (Å²) < 4.78 is 5.45. The fourth-order valence-corrected chi connectivity index (χ4v) is 1.43. The highest BCUT2D eigenvalue weighted by atomic mass is 35.5. The minimum Gasteiger partial charge on any atom is -0.437 e. The van der Waals surface area contributed by atoms with Gasteiger partial charge in [-0.05, 0) is 25.1 Å². The van der Waals surface area contributed by atoms with E-state index in [-0.39, 0.29) is 11.0 Å². The van der Waals surface area contributed by atoms with Crippen molar-refractivity contribution in [1.82, 2.24) is 9.97 Å². The molecule has 2 aromatic rings. The largest absolute Gasteiger partial charge is 0.437 e. The molecule has 84 valence electrons. The zero-order chi connectivity index (χ0) is 12.3. The van der Waals surface area contributed by atoms with E-state index in [4.69, 9.17) is 21.6 Å². The van der Waals surface area contributed by atoms with Crippen molar-refractivity contribution in [3.63, 3.8) is 0 Å². The third-order valence-corrected chi connectivity index (χ3v) is 2.20. The van der Waals surface area contributed by atoms with Gasteiger partial charge in [-0.3, -0.25) is 4.98 Å². The summed E-state index contributed by atoms with van der Waals surface area (Å²) in [6.07, 6.45) is 1.59. The van der Waals surface area contributed by atoms with E-state index >= 15 is 0 Å². The molecule has 0 aliphatic heterocycles. The molecular weight excluding hydrogens is 238 g/mol. The molecule has 2 heterocycles. The first-order chi connectivity index (χ1) is 8.17. The van der Waals surface area contributed by atoms with Crippen LogP contribution in [0, 0.1) is 18.3 Å². The average Bonchev–Trinajstić information content (AvgIpc) is 2.31. The number of ether oxygens (including phenoxy) is 1. The molecule has 0 radical (unpaired) electrons. The Kier molecular flexibility index (Phi) is 3.22. The van der Waals surface area contributed by atoms with Gasteiger partial charge in [0.05, 0.1) is 17.8 Å². The lowest BCUT2D eigenvalue weighted by Gasteiger charge is -2.04. The van der Waals surface area contributed by atoms with Crippen LogP contribution in [0.1, 0.15) is 11.3 Å². The number of rotatable bonds is 2. The van der Waals surface area contributed by atoms with Gasteiger partial charge >= 0.3 is 0 Å². The van der Waals surface area contributed by atoms with Crippen LogP contribution in [0.4, 0.5) is 0 Å². The number of aryl methyl sites for hydroxylation is 1. The number of nitrogens with zero attached hydrogens (tertiary/aromatic N) is 3. The maximum Gasteiger partial charge on any atom is 0.222 e. The van der Waals surface area contributed by atoms with Crippen LogP contribution in [0.25, 0.3) is 0 Å². The molecule has 0 aliphatic carbocycles. The van der Waals surface area contributed by atoms with Crippen molar-refractivity contribution in [1.29, 1.82) is 5.26 Å². The maximum atomic E-state index is 8.78. The molecule has 0 N–H and O–H groups in total. The molecule has 2 aromatic heterocycles. The zero-order valence-electron chi connectivity index (χ0n) is 9.01. The third-order valence-electron chi connectivity index (χ3n) is 2.01. The summed E-state index contributed by atoms with van der Waals surface area (Å²) >= 11 is 5.76. The smallest absolute Gasteiger partial charge is 0.222 e. The predicted octanol–water partition coefficient (Wildman–Crippen LogP) is 3.10. The van der Waals surface area contributed by atoms with E-state index in [0.29, 0.717) is 11.3 Å². The average molecular weight is 246 g/mol. The van der Waals surface area contributed by atoms with Crippen LogP contribution in [0.15, 0.2) is 30.5 Å². The monoisotopic (exact) mass is 245 g/mol. The van der Waals surface area contributed by atoms with Crippen LogP contribution in [0.3, 0.4) is 0 Å². The Balaban J connectivity index is 2.27. The van der Waals surface area contributed by atoms with Crippen molar-refractivity contribution < 1.29 is 4.74 Å². The van der Waals surface area contributed by atoms with E-state index in [9.17, 15) is 0 Å². The summed E-state index contributed by atoms with van der Waals surface area (Å²) in [6.45, 7) is 1.88. The summed E-state index contributed by atoms with van der Waals surface area (Å²) in [4.78, 5) is 8.05. The van der Waals surface area contributed by atoms with Gasteiger partial charge in [0, 0.05) is 11.8 Å². The lowest BCUT2D eigenvalue weighted by atomic mass is 10.3. The summed E-state index contributed by atoms with van der Waals surface area (Å²) in [7, 11) is 0. The first-order valence-electron chi connectivity index (χ1n) is 4.85. The van der Waals surface area contributed by atoms with Crippen molar-refractivity contribution in [2.75, 3.05) is 0 Å². The highest BCUT2D eigenvalue weighted by Gasteiger charge is 2.03. The van der Waals surface area contributed by atoms with Gasteiger partial charge in [-0.25, -0.2) is 4.98 Å². The first-order valence-corrected chi connectivity index (χ1v) is 5.23. The minimum absolute atomic E-state index is 0.221. The number of hydrogen-bond donors (Lipinski definition) is 0. The summed E-state index contributed by atoms with van der Waals surface area (Å²) in [5.41, 5.74) is 1.30. The van der Waals surface area contributed by atoms with Crippen LogP contribution in [0.2, 0.25) is 5.15 Å². The topological polar surface area (TPSA) is 58.8 Å². The predicted molar refractivity (Wildman–Crippen MR) is 63.0 cm³/mol. The van der Waals surface area contributed by atoms with Gasteiger partial charge in [0.2, 0.25) is 5.88 Å². The maximum absolute atomic E-state index is 8.78. The Hall–Kier alpha value is -2.12. The number of aromatic nitrogens is 2. The van der Waals surface area contributed by atoms with Crippen LogP contribution in [0.5, 0.6) is 11.6 Å². The minimum atomic E-state index is 0.221. The molecule has 0 saturated carbocycles. The molecule has 0 fully saturated rings. The molecule has 0 aromatic carbocycles. The van der Waals surface area contributed by atoms with E-state index in [0.717, 1.165) is 5.69 Å². The molecular formula is C12H8ClN3O. The molecule has 17 heavy (non-hydrogen) atoms. The molecule has 0 spiro atoms. The second-order valence-electron chi connectivity index (χ2n) is 3.37. The molecule has 0 amide bonds. The van der Waals surface area contributed by atoms with E-state index in [1.165, 1.54) is 12.1 Å². The van der Waals surface area contributed by atoms with E-state index in [1.807, 2.05) is 19.1 Å². The molecule has 0 aliphatic rings. The summed E-state index contributed by atoms with van der Waals surface area (Å²) in [5.74, 6) is 0.828. The van der Waals surface area contributed by atoms with Crippen LogP contribution in [-0.4, -0.2) is 9.97 Å². The van der Waals surface area contributed by atoms with Crippen LogP contribution >= 0.6 is 11.6 Å². The highest BCUT2D eigenvalue weighted by molar-refractivity contribution is 6.29. The summed E-state index contributed by atoms with van der Waals surface area (Å²) in [5, 5.41) is 9.01. The first kappa shape index (κ1) is 11.4. The number of halogens is 1. The molecule has 0 atom stereocenters. The van der Waals surface area contributed by atoms with Gasteiger partial charge in [-0.1, -0.05) is 11.6 Å². The van der Waals surface area contributed by atoms with Gasteiger partial charge in [-0.2, -0.15) is 5.26 Å². The Morgan fingerprint density at radius 1 is 1.35 bits per heavy atom. The molecule has 0 bridgehead atoms.